The van der Waals surface area contributed by atoms with Gasteiger partial charge < -0.3 is 15.2 Å². The number of aliphatic hydroxyl groups is 1. The van der Waals surface area contributed by atoms with E-state index in [0.717, 1.165) is 0 Å². The van der Waals surface area contributed by atoms with E-state index in [1.165, 1.54) is 5.56 Å². The minimum absolute atomic E-state index is 0.0335. The van der Waals surface area contributed by atoms with Crippen LogP contribution in [-0.2, 0) is 4.79 Å². The summed E-state index contributed by atoms with van der Waals surface area (Å²) in [6.45, 7) is 6.04. The van der Waals surface area contributed by atoms with Crippen LogP contribution < -0.4 is 10.1 Å². The van der Waals surface area contributed by atoms with Crippen LogP contribution >= 0.6 is 0 Å². The highest BCUT2D eigenvalue weighted by atomic mass is 16.5. The molecule has 1 rings (SSSR count). The molecule has 4 nitrogen and oxygen atoms in total. The Hall–Kier alpha value is -1.55. The standard InChI is InChI=1S/C14H21NO3/c1-10(2)12-5-4-6-13(7-12)18-9-14(17)15-8-11(3)16/h4-7,10-11,16H,8-9H2,1-3H3,(H,15,17)/t11-/m1/s1. The first-order chi connectivity index (χ1) is 8.49. The number of aliphatic hydroxyl groups excluding tert-OH is 1. The van der Waals surface area contributed by atoms with Crippen LogP contribution in [0, 0.1) is 0 Å². The molecule has 2 N–H and O–H groups in total. The molecule has 0 saturated heterocycles. The molecule has 0 radical (unpaired) electrons. The number of nitrogens with one attached hydrogen (secondary N) is 1. The van der Waals surface area contributed by atoms with E-state index in [0.29, 0.717) is 11.7 Å². The fourth-order valence-electron chi connectivity index (χ4n) is 1.42. The summed E-state index contributed by atoms with van der Waals surface area (Å²) in [7, 11) is 0. The lowest BCUT2D eigenvalue weighted by Crippen LogP contribution is -2.34. The summed E-state index contributed by atoms with van der Waals surface area (Å²) in [5, 5.41) is 11.6. The molecule has 1 aromatic rings. The molecular weight excluding hydrogens is 230 g/mol. The first kappa shape index (κ1) is 14.5. The number of ether oxygens (including phenoxy) is 1. The number of hydrogen-bond donors (Lipinski definition) is 2. The third kappa shape index (κ3) is 5.19. The van der Waals surface area contributed by atoms with Crippen LogP contribution in [0.25, 0.3) is 0 Å². The lowest BCUT2D eigenvalue weighted by molar-refractivity contribution is -0.123. The molecule has 1 atom stereocenters. The van der Waals surface area contributed by atoms with E-state index in [4.69, 9.17) is 9.84 Å². The number of amides is 1. The van der Waals surface area contributed by atoms with Crippen molar-refractivity contribution >= 4 is 5.91 Å². The number of carbonyl (C=O) groups is 1. The maximum absolute atomic E-state index is 11.4. The molecule has 0 aliphatic rings. The molecule has 100 valence electrons. The molecule has 0 aliphatic heterocycles. The first-order valence-corrected chi connectivity index (χ1v) is 6.16. The van der Waals surface area contributed by atoms with Crippen LogP contribution in [0.15, 0.2) is 24.3 Å². The Morgan fingerprint density at radius 2 is 2.11 bits per heavy atom. The Balaban J connectivity index is 2.43. The van der Waals surface area contributed by atoms with Gasteiger partial charge in [-0.1, -0.05) is 26.0 Å². The second kappa shape index (κ2) is 7.01. The highest BCUT2D eigenvalue weighted by molar-refractivity contribution is 5.77. The zero-order valence-electron chi connectivity index (χ0n) is 11.1. The van der Waals surface area contributed by atoms with Gasteiger partial charge in [-0.3, -0.25) is 4.79 Å². The topological polar surface area (TPSA) is 58.6 Å². The maximum atomic E-state index is 11.4. The quantitative estimate of drug-likeness (QED) is 0.809. The lowest BCUT2D eigenvalue weighted by atomic mass is 10.0. The largest absolute Gasteiger partial charge is 0.484 e. The van der Waals surface area contributed by atoms with Crippen molar-refractivity contribution in [2.45, 2.75) is 32.8 Å². The van der Waals surface area contributed by atoms with Gasteiger partial charge in [-0.15, -0.1) is 0 Å². The highest BCUT2D eigenvalue weighted by Gasteiger charge is 2.05. The van der Waals surface area contributed by atoms with E-state index in [1.807, 2.05) is 24.3 Å². The van der Waals surface area contributed by atoms with E-state index in [9.17, 15) is 4.79 Å². The first-order valence-electron chi connectivity index (χ1n) is 6.16. The third-order valence-corrected chi connectivity index (χ3v) is 2.49. The fourth-order valence-corrected chi connectivity index (χ4v) is 1.42. The van der Waals surface area contributed by atoms with Crippen LogP contribution in [0.2, 0.25) is 0 Å². The molecule has 0 saturated carbocycles. The Morgan fingerprint density at radius 3 is 2.72 bits per heavy atom. The highest BCUT2D eigenvalue weighted by Crippen LogP contribution is 2.19. The molecule has 0 aliphatic carbocycles. The van der Waals surface area contributed by atoms with Crippen molar-refractivity contribution in [3.05, 3.63) is 29.8 Å². The van der Waals surface area contributed by atoms with Gasteiger partial charge in [0.2, 0.25) is 0 Å². The molecular formula is C14H21NO3. The molecule has 1 aromatic carbocycles. The predicted octanol–water partition coefficient (Wildman–Crippen LogP) is 1.69. The average Bonchev–Trinajstić information content (AvgIpc) is 2.34. The normalized spacial score (nSPS) is 12.3. The molecule has 1 amide bonds. The summed E-state index contributed by atoms with van der Waals surface area (Å²) >= 11 is 0. The van der Waals surface area contributed by atoms with E-state index in [-0.39, 0.29) is 19.1 Å². The predicted molar refractivity (Wildman–Crippen MR) is 70.7 cm³/mol. The summed E-state index contributed by atoms with van der Waals surface area (Å²) < 4.78 is 5.40. The van der Waals surface area contributed by atoms with Gasteiger partial charge in [0.15, 0.2) is 6.61 Å². The van der Waals surface area contributed by atoms with Crippen LogP contribution in [-0.4, -0.2) is 30.3 Å². The summed E-state index contributed by atoms with van der Waals surface area (Å²) in [4.78, 5) is 11.4. The minimum atomic E-state index is -0.543. The van der Waals surface area contributed by atoms with Gasteiger partial charge in [0.05, 0.1) is 6.10 Å². The minimum Gasteiger partial charge on any atom is -0.484 e. The van der Waals surface area contributed by atoms with E-state index >= 15 is 0 Å². The van der Waals surface area contributed by atoms with Crippen molar-refractivity contribution in [3.63, 3.8) is 0 Å². The van der Waals surface area contributed by atoms with Gasteiger partial charge >= 0.3 is 0 Å². The molecule has 0 spiro atoms. The molecule has 0 bridgehead atoms. The second-order valence-corrected chi connectivity index (χ2v) is 4.67. The number of rotatable bonds is 6. The van der Waals surface area contributed by atoms with Crippen LogP contribution in [0.4, 0.5) is 0 Å². The summed E-state index contributed by atoms with van der Waals surface area (Å²) in [6, 6.07) is 7.71. The maximum Gasteiger partial charge on any atom is 0.258 e. The van der Waals surface area contributed by atoms with Gasteiger partial charge in [0, 0.05) is 6.54 Å². The number of hydrogen-bond acceptors (Lipinski definition) is 3. The van der Waals surface area contributed by atoms with Crippen LogP contribution in [0.3, 0.4) is 0 Å². The Morgan fingerprint density at radius 1 is 1.39 bits per heavy atom. The van der Waals surface area contributed by atoms with E-state index in [2.05, 4.69) is 19.2 Å². The molecule has 0 unspecified atom stereocenters. The van der Waals surface area contributed by atoms with Crippen molar-refractivity contribution in [3.8, 4) is 5.75 Å². The van der Waals surface area contributed by atoms with Crippen molar-refractivity contribution < 1.29 is 14.6 Å². The second-order valence-electron chi connectivity index (χ2n) is 4.67. The van der Waals surface area contributed by atoms with E-state index in [1.54, 1.807) is 6.92 Å². The molecule has 0 heterocycles. The van der Waals surface area contributed by atoms with Gasteiger partial charge in [-0.2, -0.15) is 0 Å². The Labute approximate surface area is 108 Å². The number of benzene rings is 1. The van der Waals surface area contributed by atoms with Crippen molar-refractivity contribution in [1.82, 2.24) is 5.32 Å². The SMILES string of the molecule is CC(C)c1cccc(OCC(=O)NC[C@@H](C)O)c1. The molecule has 0 aromatic heterocycles. The van der Waals surface area contributed by atoms with Crippen molar-refractivity contribution in [2.75, 3.05) is 13.2 Å². The average molecular weight is 251 g/mol. The smallest absolute Gasteiger partial charge is 0.258 e. The van der Waals surface area contributed by atoms with Crippen molar-refractivity contribution in [1.29, 1.82) is 0 Å². The van der Waals surface area contributed by atoms with Crippen LogP contribution in [0.5, 0.6) is 5.75 Å². The zero-order chi connectivity index (χ0) is 13.5. The van der Waals surface area contributed by atoms with Gasteiger partial charge in [0.1, 0.15) is 5.75 Å². The monoisotopic (exact) mass is 251 g/mol. The molecule has 0 fully saturated rings. The van der Waals surface area contributed by atoms with Gasteiger partial charge in [0.25, 0.3) is 5.91 Å². The van der Waals surface area contributed by atoms with Crippen LogP contribution in [0.1, 0.15) is 32.3 Å². The Bertz CT molecular complexity index is 388. The van der Waals surface area contributed by atoms with E-state index < -0.39 is 6.10 Å². The zero-order valence-corrected chi connectivity index (χ0v) is 11.1. The number of carbonyl (C=O) groups excluding carboxylic acids is 1. The Kier molecular flexibility index (Phi) is 5.65. The third-order valence-electron chi connectivity index (χ3n) is 2.49. The van der Waals surface area contributed by atoms with Gasteiger partial charge in [-0.05, 0) is 30.5 Å². The summed E-state index contributed by atoms with van der Waals surface area (Å²) in [5.74, 6) is 0.886. The van der Waals surface area contributed by atoms with Gasteiger partial charge in [-0.25, -0.2) is 0 Å². The van der Waals surface area contributed by atoms with Crippen molar-refractivity contribution in [2.24, 2.45) is 0 Å². The molecule has 4 heteroatoms. The fraction of sp³-hybridized carbons (Fsp3) is 0.500. The summed E-state index contributed by atoms with van der Waals surface area (Å²) in [6.07, 6.45) is -0.543. The summed E-state index contributed by atoms with van der Waals surface area (Å²) in [5.41, 5.74) is 1.18. The molecule has 18 heavy (non-hydrogen) atoms. The lowest BCUT2D eigenvalue weighted by Gasteiger charge is -2.10.